The van der Waals surface area contributed by atoms with Gasteiger partial charge < -0.3 is 16.0 Å². The maximum absolute atomic E-state index is 6.00. The highest BCUT2D eigenvalue weighted by Gasteiger charge is 2.01. The predicted octanol–water partition coefficient (Wildman–Crippen LogP) is 2.72. The van der Waals surface area contributed by atoms with Crippen LogP contribution in [0.1, 0.15) is 25.8 Å². The van der Waals surface area contributed by atoms with Crippen molar-refractivity contribution < 1.29 is 0 Å². The standard InChI is InChI=1S/C14H25N3/c1-4-17(5-2)11-7-10-16-13-9-6-8-12(3)14(13)15/h6,8-9,16H,4-5,7,10-11,15H2,1-3H3. The van der Waals surface area contributed by atoms with Gasteiger partial charge in [-0.25, -0.2) is 0 Å². The van der Waals surface area contributed by atoms with E-state index in [0.717, 1.165) is 49.5 Å². The fourth-order valence-corrected chi connectivity index (χ4v) is 1.90. The summed E-state index contributed by atoms with van der Waals surface area (Å²) in [6, 6.07) is 6.12. The first-order valence-corrected chi connectivity index (χ1v) is 6.50. The lowest BCUT2D eigenvalue weighted by molar-refractivity contribution is 0.303. The van der Waals surface area contributed by atoms with Gasteiger partial charge in [-0.2, -0.15) is 0 Å². The molecule has 0 aliphatic carbocycles. The number of hydrogen-bond acceptors (Lipinski definition) is 3. The van der Waals surface area contributed by atoms with Gasteiger partial charge in [0.25, 0.3) is 0 Å². The van der Waals surface area contributed by atoms with Crippen LogP contribution in [0.25, 0.3) is 0 Å². The number of aryl methyl sites for hydroxylation is 1. The minimum atomic E-state index is 0.871. The van der Waals surface area contributed by atoms with Gasteiger partial charge in [-0.1, -0.05) is 26.0 Å². The molecule has 0 heterocycles. The van der Waals surface area contributed by atoms with Crippen molar-refractivity contribution in [2.45, 2.75) is 27.2 Å². The molecule has 0 radical (unpaired) electrons. The quantitative estimate of drug-likeness (QED) is 0.564. The van der Waals surface area contributed by atoms with Crippen molar-refractivity contribution >= 4 is 11.4 Å². The second-order valence-corrected chi connectivity index (χ2v) is 4.34. The smallest absolute Gasteiger partial charge is 0.0579 e. The lowest BCUT2D eigenvalue weighted by Gasteiger charge is -2.18. The zero-order chi connectivity index (χ0) is 12.7. The van der Waals surface area contributed by atoms with Crippen LogP contribution in [0.15, 0.2) is 18.2 Å². The Morgan fingerprint density at radius 3 is 2.59 bits per heavy atom. The molecule has 0 atom stereocenters. The van der Waals surface area contributed by atoms with Crippen LogP contribution in [-0.4, -0.2) is 31.1 Å². The molecule has 0 fully saturated rings. The highest BCUT2D eigenvalue weighted by molar-refractivity contribution is 5.69. The molecule has 1 aromatic carbocycles. The molecule has 0 bridgehead atoms. The van der Waals surface area contributed by atoms with Crippen molar-refractivity contribution in [3.63, 3.8) is 0 Å². The molecule has 0 unspecified atom stereocenters. The molecule has 0 amide bonds. The number of nitrogens with zero attached hydrogens (tertiary/aromatic N) is 1. The molecule has 96 valence electrons. The Kier molecular flexibility index (Phi) is 5.84. The van der Waals surface area contributed by atoms with Gasteiger partial charge in [-0.15, -0.1) is 0 Å². The topological polar surface area (TPSA) is 41.3 Å². The fraction of sp³-hybridized carbons (Fsp3) is 0.571. The molecule has 17 heavy (non-hydrogen) atoms. The summed E-state index contributed by atoms with van der Waals surface area (Å²) in [6.07, 6.45) is 1.15. The molecular formula is C14H25N3. The summed E-state index contributed by atoms with van der Waals surface area (Å²) >= 11 is 0. The van der Waals surface area contributed by atoms with E-state index in [1.54, 1.807) is 0 Å². The monoisotopic (exact) mass is 235 g/mol. The van der Waals surface area contributed by atoms with Gasteiger partial charge in [-0.05, 0) is 44.6 Å². The van der Waals surface area contributed by atoms with Gasteiger partial charge in [0.1, 0.15) is 0 Å². The number of rotatable bonds is 7. The molecule has 3 N–H and O–H groups in total. The SMILES string of the molecule is CCN(CC)CCCNc1cccc(C)c1N. The average Bonchev–Trinajstić information content (AvgIpc) is 2.34. The minimum Gasteiger partial charge on any atom is -0.397 e. The molecule has 3 heteroatoms. The Labute approximate surface area is 105 Å². The fourth-order valence-electron chi connectivity index (χ4n) is 1.90. The molecule has 0 aliphatic rings. The first-order chi connectivity index (χ1) is 8.19. The van der Waals surface area contributed by atoms with Gasteiger partial charge in [0.05, 0.1) is 11.4 Å². The summed E-state index contributed by atoms with van der Waals surface area (Å²) in [6.45, 7) is 10.8. The summed E-state index contributed by atoms with van der Waals surface area (Å²) in [5, 5.41) is 3.41. The first kappa shape index (κ1) is 13.8. The van der Waals surface area contributed by atoms with E-state index in [2.05, 4.69) is 24.1 Å². The predicted molar refractivity (Wildman–Crippen MR) is 76.5 cm³/mol. The largest absolute Gasteiger partial charge is 0.397 e. The first-order valence-electron chi connectivity index (χ1n) is 6.50. The average molecular weight is 235 g/mol. The van der Waals surface area contributed by atoms with Crippen LogP contribution in [0.2, 0.25) is 0 Å². The number of para-hydroxylation sites is 1. The van der Waals surface area contributed by atoms with E-state index in [4.69, 9.17) is 5.73 Å². The van der Waals surface area contributed by atoms with Crippen molar-refractivity contribution in [2.24, 2.45) is 0 Å². The van der Waals surface area contributed by atoms with Crippen LogP contribution >= 0.6 is 0 Å². The Bertz CT molecular complexity index is 332. The number of benzene rings is 1. The van der Waals surface area contributed by atoms with E-state index < -0.39 is 0 Å². The number of hydrogen-bond donors (Lipinski definition) is 2. The Balaban J connectivity index is 2.33. The Hall–Kier alpha value is -1.22. The lowest BCUT2D eigenvalue weighted by Crippen LogP contribution is -2.25. The van der Waals surface area contributed by atoms with E-state index in [1.165, 1.54) is 0 Å². The highest BCUT2D eigenvalue weighted by Crippen LogP contribution is 2.21. The van der Waals surface area contributed by atoms with Gasteiger partial charge >= 0.3 is 0 Å². The maximum atomic E-state index is 6.00. The summed E-state index contributed by atoms with van der Waals surface area (Å²) in [5.41, 5.74) is 9.07. The van der Waals surface area contributed by atoms with Crippen LogP contribution in [0, 0.1) is 6.92 Å². The van der Waals surface area contributed by atoms with E-state index >= 15 is 0 Å². The number of anilines is 2. The van der Waals surface area contributed by atoms with Crippen LogP contribution in [-0.2, 0) is 0 Å². The summed E-state index contributed by atoms with van der Waals surface area (Å²) in [4.78, 5) is 2.43. The van der Waals surface area contributed by atoms with Gasteiger partial charge in [-0.3, -0.25) is 0 Å². The van der Waals surface area contributed by atoms with Crippen molar-refractivity contribution in [2.75, 3.05) is 37.2 Å². The minimum absolute atomic E-state index is 0.871. The second kappa shape index (κ2) is 7.17. The maximum Gasteiger partial charge on any atom is 0.0579 e. The Morgan fingerprint density at radius 2 is 1.94 bits per heavy atom. The summed E-state index contributed by atoms with van der Waals surface area (Å²) in [7, 11) is 0. The summed E-state index contributed by atoms with van der Waals surface area (Å²) < 4.78 is 0. The lowest BCUT2D eigenvalue weighted by atomic mass is 10.1. The third-order valence-electron chi connectivity index (χ3n) is 3.19. The van der Waals surface area contributed by atoms with Gasteiger partial charge in [0, 0.05) is 6.54 Å². The number of nitrogens with two attached hydrogens (primary N) is 1. The molecule has 0 aromatic heterocycles. The molecule has 0 saturated heterocycles. The van der Waals surface area contributed by atoms with Crippen molar-refractivity contribution in [3.8, 4) is 0 Å². The van der Waals surface area contributed by atoms with Crippen LogP contribution < -0.4 is 11.1 Å². The van der Waals surface area contributed by atoms with Crippen molar-refractivity contribution in [3.05, 3.63) is 23.8 Å². The molecule has 1 aromatic rings. The zero-order valence-corrected chi connectivity index (χ0v) is 11.3. The van der Waals surface area contributed by atoms with Crippen LogP contribution in [0.5, 0.6) is 0 Å². The van der Waals surface area contributed by atoms with E-state index in [9.17, 15) is 0 Å². The zero-order valence-electron chi connectivity index (χ0n) is 11.3. The normalized spacial score (nSPS) is 10.8. The van der Waals surface area contributed by atoms with Gasteiger partial charge in [0.15, 0.2) is 0 Å². The molecule has 3 nitrogen and oxygen atoms in total. The molecule has 0 spiro atoms. The third-order valence-corrected chi connectivity index (χ3v) is 3.19. The highest BCUT2D eigenvalue weighted by atomic mass is 15.1. The van der Waals surface area contributed by atoms with Crippen molar-refractivity contribution in [1.29, 1.82) is 0 Å². The molecule has 0 saturated carbocycles. The van der Waals surface area contributed by atoms with Crippen molar-refractivity contribution in [1.82, 2.24) is 4.90 Å². The number of nitrogens with one attached hydrogen (secondary N) is 1. The molecular weight excluding hydrogens is 210 g/mol. The van der Waals surface area contributed by atoms with E-state index in [0.29, 0.717) is 0 Å². The third kappa shape index (κ3) is 4.27. The molecule has 0 aliphatic heterocycles. The second-order valence-electron chi connectivity index (χ2n) is 4.34. The van der Waals surface area contributed by atoms with Crippen LogP contribution in [0.4, 0.5) is 11.4 Å². The van der Waals surface area contributed by atoms with E-state index in [-0.39, 0.29) is 0 Å². The van der Waals surface area contributed by atoms with E-state index in [1.807, 2.05) is 25.1 Å². The molecule has 1 rings (SSSR count). The summed E-state index contributed by atoms with van der Waals surface area (Å²) in [5.74, 6) is 0. The van der Waals surface area contributed by atoms with Crippen LogP contribution in [0.3, 0.4) is 0 Å². The Morgan fingerprint density at radius 1 is 1.24 bits per heavy atom. The number of nitrogen functional groups attached to an aromatic ring is 1. The van der Waals surface area contributed by atoms with Gasteiger partial charge in [0.2, 0.25) is 0 Å².